The Balaban J connectivity index is 2.24. The molecule has 0 unspecified atom stereocenters. The number of benzene rings is 1. The van der Waals surface area contributed by atoms with E-state index in [1.807, 2.05) is 0 Å². The van der Waals surface area contributed by atoms with Gasteiger partial charge in [-0.15, -0.1) is 0 Å². The van der Waals surface area contributed by atoms with Crippen molar-refractivity contribution in [3.63, 3.8) is 0 Å². The molecule has 0 atom stereocenters. The number of anilines is 1. The monoisotopic (exact) mass is 231 g/mol. The van der Waals surface area contributed by atoms with Gasteiger partial charge in [0.1, 0.15) is 0 Å². The summed E-state index contributed by atoms with van der Waals surface area (Å²) < 4.78 is 0. The number of carboxylic acids is 1. The number of nitrogens with one attached hydrogen (secondary N) is 1. The van der Waals surface area contributed by atoms with Crippen LogP contribution in [0.15, 0.2) is 36.0 Å². The molecule has 0 fully saturated rings. The molecule has 0 saturated carbocycles. The molecular formula is C13H13NO3. The van der Waals surface area contributed by atoms with E-state index in [0.29, 0.717) is 12.1 Å². The van der Waals surface area contributed by atoms with Crippen LogP contribution >= 0.6 is 0 Å². The van der Waals surface area contributed by atoms with Gasteiger partial charge in [-0.1, -0.05) is 12.1 Å². The first-order chi connectivity index (χ1) is 8.16. The summed E-state index contributed by atoms with van der Waals surface area (Å²) in [6, 6.07) is 6.67. The molecule has 0 spiro atoms. The number of carbonyl (C=O) groups is 2. The standard InChI is InChI=1S/C13H13NO3/c15-10-5-3-4-9(8-10)14-12-7-2-1-6-11(12)13(16)17/h1-2,6-8,14H,3-5H2,(H,16,17). The van der Waals surface area contributed by atoms with Crippen LogP contribution in [0.4, 0.5) is 5.69 Å². The number of carbonyl (C=O) groups excluding carboxylic acids is 1. The van der Waals surface area contributed by atoms with Gasteiger partial charge in [0.2, 0.25) is 0 Å². The molecule has 2 rings (SSSR count). The largest absolute Gasteiger partial charge is 0.478 e. The summed E-state index contributed by atoms with van der Waals surface area (Å²) in [7, 11) is 0. The summed E-state index contributed by atoms with van der Waals surface area (Å²) in [4.78, 5) is 22.3. The zero-order valence-corrected chi connectivity index (χ0v) is 9.27. The summed E-state index contributed by atoms with van der Waals surface area (Å²) in [6.45, 7) is 0. The van der Waals surface area contributed by atoms with Gasteiger partial charge in [-0.25, -0.2) is 4.79 Å². The van der Waals surface area contributed by atoms with Gasteiger partial charge in [-0.2, -0.15) is 0 Å². The van der Waals surface area contributed by atoms with Crippen LogP contribution in [-0.4, -0.2) is 16.9 Å². The highest BCUT2D eigenvalue weighted by atomic mass is 16.4. The van der Waals surface area contributed by atoms with Crippen molar-refractivity contribution in [3.8, 4) is 0 Å². The van der Waals surface area contributed by atoms with Gasteiger partial charge in [0.15, 0.2) is 5.78 Å². The van der Waals surface area contributed by atoms with Crippen LogP contribution < -0.4 is 5.32 Å². The van der Waals surface area contributed by atoms with Crippen molar-refractivity contribution in [1.29, 1.82) is 0 Å². The molecule has 4 heteroatoms. The second-order valence-electron chi connectivity index (χ2n) is 3.97. The Morgan fingerprint density at radius 2 is 2.00 bits per heavy atom. The molecule has 0 aliphatic heterocycles. The highest BCUT2D eigenvalue weighted by Gasteiger charge is 2.13. The molecule has 0 bridgehead atoms. The lowest BCUT2D eigenvalue weighted by atomic mass is 10.0. The number of carboxylic acid groups (broad SMARTS) is 1. The zero-order valence-electron chi connectivity index (χ0n) is 9.27. The minimum absolute atomic E-state index is 0.0894. The normalized spacial score (nSPS) is 15.3. The number of ketones is 1. The van der Waals surface area contributed by atoms with Gasteiger partial charge < -0.3 is 10.4 Å². The number of hydrogen-bond donors (Lipinski definition) is 2. The van der Waals surface area contributed by atoms with Gasteiger partial charge >= 0.3 is 5.97 Å². The van der Waals surface area contributed by atoms with E-state index in [4.69, 9.17) is 5.11 Å². The van der Waals surface area contributed by atoms with E-state index in [2.05, 4.69) is 5.32 Å². The Hall–Kier alpha value is -2.10. The maximum atomic E-state index is 11.2. The van der Waals surface area contributed by atoms with E-state index in [1.54, 1.807) is 24.3 Å². The Morgan fingerprint density at radius 1 is 1.24 bits per heavy atom. The second kappa shape index (κ2) is 4.82. The predicted molar refractivity (Wildman–Crippen MR) is 64.0 cm³/mol. The number of hydrogen-bond acceptors (Lipinski definition) is 3. The summed E-state index contributed by atoms with van der Waals surface area (Å²) in [6.07, 6.45) is 3.72. The molecule has 88 valence electrons. The molecule has 0 saturated heterocycles. The van der Waals surface area contributed by atoms with E-state index in [9.17, 15) is 9.59 Å². The fourth-order valence-electron chi connectivity index (χ4n) is 1.84. The van der Waals surface area contributed by atoms with Gasteiger partial charge in [-0.05, 0) is 25.0 Å². The molecule has 1 aromatic rings. The second-order valence-corrected chi connectivity index (χ2v) is 3.97. The van der Waals surface area contributed by atoms with Crippen molar-refractivity contribution in [2.24, 2.45) is 0 Å². The lowest BCUT2D eigenvalue weighted by molar-refractivity contribution is -0.115. The van der Waals surface area contributed by atoms with Crippen LogP contribution in [0.3, 0.4) is 0 Å². The van der Waals surface area contributed by atoms with Crippen LogP contribution in [0.2, 0.25) is 0 Å². The average Bonchev–Trinajstić information content (AvgIpc) is 2.29. The molecule has 1 aromatic carbocycles. The molecule has 0 aromatic heterocycles. The van der Waals surface area contributed by atoms with Crippen molar-refractivity contribution in [2.75, 3.05) is 5.32 Å². The lowest BCUT2D eigenvalue weighted by Gasteiger charge is -2.15. The fraction of sp³-hybridized carbons (Fsp3) is 0.231. The van der Waals surface area contributed by atoms with E-state index in [1.165, 1.54) is 6.07 Å². The first-order valence-corrected chi connectivity index (χ1v) is 5.49. The smallest absolute Gasteiger partial charge is 0.337 e. The molecular weight excluding hydrogens is 218 g/mol. The highest BCUT2D eigenvalue weighted by Crippen LogP contribution is 2.21. The van der Waals surface area contributed by atoms with E-state index >= 15 is 0 Å². The summed E-state index contributed by atoms with van der Waals surface area (Å²) in [5.41, 5.74) is 1.53. The van der Waals surface area contributed by atoms with E-state index in [-0.39, 0.29) is 11.3 Å². The Labute approximate surface area is 99.0 Å². The number of rotatable bonds is 3. The van der Waals surface area contributed by atoms with Crippen molar-refractivity contribution in [2.45, 2.75) is 19.3 Å². The van der Waals surface area contributed by atoms with Gasteiger partial charge in [-0.3, -0.25) is 4.79 Å². The first kappa shape index (κ1) is 11.4. The number of para-hydroxylation sites is 1. The summed E-state index contributed by atoms with van der Waals surface area (Å²) in [5, 5.41) is 12.0. The fourth-order valence-corrected chi connectivity index (χ4v) is 1.84. The topological polar surface area (TPSA) is 66.4 Å². The van der Waals surface area contributed by atoms with Crippen molar-refractivity contribution in [1.82, 2.24) is 0 Å². The van der Waals surface area contributed by atoms with Crippen molar-refractivity contribution >= 4 is 17.4 Å². The van der Waals surface area contributed by atoms with Gasteiger partial charge in [0.25, 0.3) is 0 Å². The Bertz CT molecular complexity index is 491. The molecule has 0 radical (unpaired) electrons. The zero-order chi connectivity index (χ0) is 12.3. The predicted octanol–water partition coefficient (Wildman–Crippen LogP) is 2.43. The van der Waals surface area contributed by atoms with Gasteiger partial charge in [0, 0.05) is 18.2 Å². The molecule has 2 N–H and O–H groups in total. The van der Waals surface area contributed by atoms with Crippen LogP contribution in [0.1, 0.15) is 29.6 Å². The highest BCUT2D eigenvalue weighted by molar-refractivity contribution is 5.95. The van der Waals surface area contributed by atoms with Crippen LogP contribution in [0.5, 0.6) is 0 Å². The minimum atomic E-state index is -0.976. The van der Waals surface area contributed by atoms with Crippen molar-refractivity contribution in [3.05, 3.63) is 41.6 Å². The minimum Gasteiger partial charge on any atom is -0.478 e. The van der Waals surface area contributed by atoms with Crippen LogP contribution in [0.25, 0.3) is 0 Å². The van der Waals surface area contributed by atoms with Crippen molar-refractivity contribution < 1.29 is 14.7 Å². The Kier molecular flexibility index (Phi) is 3.23. The number of allylic oxidation sites excluding steroid dienone is 2. The summed E-state index contributed by atoms with van der Waals surface area (Å²) >= 11 is 0. The molecule has 0 amide bonds. The lowest BCUT2D eigenvalue weighted by Crippen LogP contribution is -2.11. The first-order valence-electron chi connectivity index (χ1n) is 5.49. The maximum absolute atomic E-state index is 11.2. The SMILES string of the molecule is O=C1C=C(Nc2ccccc2C(=O)O)CCC1. The Morgan fingerprint density at radius 3 is 2.71 bits per heavy atom. The molecule has 4 nitrogen and oxygen atoms in total. The third kappa shape index (κ3) is 2.72. The third-order valence-corrected chi connectivity index (χ3v) is 2.66. The van der Waals surface area contributed by atoms with Gasteiger partial charge in [0.05, 0.1) is 11.3 Å². The maximum Gasteiger partial charge on any atom is 0.337 e. The van der Waals surface area contributed by atoms with Crippen LogP contribution in [-0.2, 0) is 4.79 Å². The summed E-state index contributed by atoms with van der Waals surface area (Å²) in [5.74, 6) is -0.887. The molecule has 17 heavy (non-hydrogen) atoms. The molecule has 0 heterocycles. The van der Waals surface area contributed by atoms with Crippen LogP contribution in [0, 0.1) is 0 Å². The van der Waals surface area contributed by atoms with E-state index < -0.39 is 5.97 Å². The molecule has 1 aliphatic rings. The number of aromatic carboxylic acids is 1. The quantitative estimate of drug-likeness (QED) is 0.838. The third-order valence-electron chi connectivity index (χ3n) is 2.66. The molecule has 1 aliphatic carbocycles. The van der Waals surface area contributed by atoms with E-state index in [0.717, 1.165) is 18.5 Å². The average molecular weight is 231 g/mol.